The molecule has 1 amide bonds. The molecule has 94 valence electrons. The first kappa shape index (κ1) is 14.9. The molecule has 0 spiro atoms. The minimum atomic E-state index is -1.05. The van der Waals surface area contributed by atoms with E-state index in [1.165, 1.54) is 6.92 Å². The van der Waals surface area contributed by atoms with Crippen LogP contribution in [0, 0.1) is 0 Å². The van der Waals surface area contributed by atoms with E-state index in [-0.39, 0.29) is 18.5 Å². The second-order valence-electron chi connectivity index (χ2n) is 3.56. The number of carboxylic acids is 1. The van der Waals surface area contributed by atoms with Crippen LogP contribution in [0.4, 0.5) is 0 Å². The van der Waals surface area contributed by atoms with Crippen molar-refractivity contribution in [2.45, 2.75) is 32.9 Å². The number of rotatable bonds is 8. The van der Waals surface area contributed by atoms with E-state index in [9.17, 15) is 9.59 Å². The van der Waals surface area contributed by atoms with Crippen molar-refractivity contribution in [3.63, 3.8) is 0 Å². The smallest absolute Gasteiger partial charge is 0.327 e. The van der Waals surface area contributed by atoms with Crippen molar-refractivity contribution in [2.24, 2.45) is 0 Å². The van der Waals surface area contributed by atoms with Crippen molar-refractivity contribution in [1.29, 1.82) is 0 Å². The van der Waals surface area contributed by atoms with E-state index in [0.29, 0.717) is 13.2 Å². The fourth-order valence-corrected chi connectivity index (χ4v) is 1.12. The van der Waals surface area contributed by atoms with Crippen LogP contribution in [0.2, 0.25) is 0 Å². The molecule has 3 N–H and O–H groups in total. The van der Waals surface area contributed by atoms with Gasteiger partial charge in [-0.1, -0.05) is 0 Å². The van der Waals surface area contributed by atoms with Crippen LogP contribution >= 0.6 is 0 Å². The molecule has 2 atom stereocenters. The molecule has 0 bridgehead atoms. The predicted molar refractivity (Wildman–Crippen MR) is 59.2 cm³/mol. The maximum absolute atomic E-state index is 10.8. The summed E-state index contributed by atoms with van der Waals surface area (Å²) in [7, 11) is 0. The fourth-order valence-electron chi connectivity index (χ4n) is 1.12. The highest BCUT2D eigenvalue weighted by Crippen LogP contribution is 1.88. The Balaban J connectivity index is 3.92. The summed E-state index contributed by atoms with van der Waals surface area (Å²) in [5.41, 5.74) is 0. The maximum Gasteiger partial charge on any atom is 0.327 e. The summed E-state index contributed by atoms with van der Waals surface area (Å²) in [6.45, 7) is 6.40. The zero-order valence-corrected chi connectivity index (χ0v) is 9.95. The van der Waals surface area contributed by atoms with E-state index in [0.717, 1.165) is 0 Å². The molecule has 0 heterocycles. The van der Waals surface area contributed by atoms with Crippen LogP contribution in [0.5, 0.6) is 0 Å². The molecule has 0 aromatic carbocycles. The molecule has 16 heavy (non-hydrogen) atoms. The summed E-state index contributed by atoms with van der Waals surface area (Å²) in [4.78, 5) is 21.5. The Kier molecular flexibility index (Phi) is 7.49. The lowest BCUT2D eigenvalue weighted by atomic mass is 10.2. The van der Waals surface area contributed by atoms with Crippen molar-refractivity contribution in [3.05, 3.63) is 0 Å². The average molecular weight is 232 g/mol. The number of carbonyl (C=O) groups excluding carboxylic acids is 1. The highest BCUT2D eigenvalue weighted by atomic mass is 16.5. The van der Waals surface area contributed by atoms with E-state index in [4.69, 9.17) is 9.84 Å². The SMILES string of the molecule is CCOCC(C)NCC(NC(C)=O)C(=O)O. The number of nitrogens with one attached hydrogen (secondary N) is 2. The first-order valence-electron chi connectivity index (χ1n) is 5.28. The summed E-state index contributed by atoms with van der Waals surface area (Å²) in [5, 5.41) is 14.2. The number of carbonyl (C=O) groups is 2. The molecular formula is C10H20N2O4. The van der Waals surface area contributed by atoms with Crippen LogP contribution in [0.3, 0.4) is 0 Å². The van der Waals surface area contributed by atoms with Gasteiger partial charge in [0.05, 0.1) is 6.61 Å². The van der Waals surface area contributed by atoms with Gasteiger partial charge in [0.15, 0.2) is 0 Å². The monoisotopic (exact) mass is 232 g/mol. The van der Waals surface area contributed by atoms with Crippen molar-refractivity contribution >= 4 is 11.9 Å². The lowest BCUT2D eigenvalue weighted by molar-refractivity contribution is -0.141. The Morgan fingerprint density at radius 2 is 2.06 bits per heavy atom. The number of hydrogen-bond acceptors (Lipinski definition) is 4. The van der Waals surface area contributed by atoms with E-state index in [1.54, 1.807) is 0 Å². The standard InChI is InChI=1S/C10H20N2O4/c1-4-16-6-7(2)11-5-9(10(14)15)12-8(3)13/h7,9,11H,4-6H2,1-3H3,(H,12,13)(H,14,15). The molecule has 0 saturated carbocycles. The molecule has 0 radical (unpaired) electrons. The summed E-state index contributed by atoms with van der Waals surface area (Å²) in [6, 6.07) is -0.850. The van der Waals surface area contributed by atoms with Gasteiger partial charge in [0, 0.05) is 26.1 Å². The highest BCUT2D eigenvalue weighted by Gasteiger charge is 2.18. The Morgan fingerprint density at radius 3 is 2.50 bits per heavy atom. The normalized spacial score (nSPS) is 14.2. The molecule has 0 fully saturated rings. The van der Waals surface area contributed by atoms with E-state index in [2.05, 4.69) is 10.6 Å². The Bertz CT molecular complexity index is 233. The molecule has 2 unspecified atom stereocenters. The molecule has 0 saturated heterocycles. The topological polar surface area (TPSA) is 87.7 Å². The highest BCUT2D eigenvalue weighted by molar-refractivity contribution is 5.82. The maximum atomic E-state index is 10.8. The number of carboxylic acid groups (broad SMARTS) is 1. The number of aliphatic carboxylic acids is 1. The van der Waals surface area contributed by atoms with Gasteiger partial charge >= 0.3 is 5.97 Å². The average Bonchev–Trinajstić information content (AvgIpc) is 2.20. The molecule has 0 aliphatic heterocycles. The minimum absolute atomic E-state index is 0.0514. The lowest BCUT2D eigenvalue weighted by Crippen LogP contribution is -2.48. The molecule has 6 nitrogen and oxygen atoms in total. The lowest BCUT2D eigenvalue weighted by Gasteiger charge is -2.18. The third-order valence-corrected chi connectivity index (χ3v) is 1.92. The van der Waals surface area contributed by atoms with Gasteiger partial charge in [-0.2, -0.15) is 0 Å². The van der Waals surface area contributed by atoms with Crippen LogP contribution in [0.25, 0.3) is 0 Å². The van der Waals surface area contributed by atoms with Crippen molar-refractivity contribution in [3.8, 4) is 0 Å². The van der Waals surface area contributed by atoms with Crippen LogP contribution < -0.4 is 10.6 Å². The van der Waals surface area contributed by atoms with Gasteiger partial charge in [-0.3, -0.25) is 4.79 Å². The Hall–Kier alpha value is -1.14. The summed E-state index contributed by atoms with van der Waals surface area (Å²) < 4.78 is 5.17. The van der Waals surface area contributed by atoms with Gasteiger partial charge < -0.3 is 20.5 Å². The molecule has 0 rings (SSSR count). The fraction of sp³-hybridized carbons (Fsp3) is 0.800. The van der Waals surface area contributed by atoms with Crippen LogP contribution in [0.1, 0.15) is 20.8 Å². The van der Waals surface area contributed by atoms with E-state index in [1.807, 2.05) is 13.8 Å². The molecule has 6 heteroatoms. The van der Waals surface area contributed by atoms with Gasteiger partial charge in [0.1, 0.15) is 6.04 Å². The van der Waals surface area contributed by atoms with Crippen molar-refractivity contribution in [2.75, 3.05) is 19.8 Å². The predicted octanol–water partition coefficient (Wildman–Crippen LogP) is -0.410. The summed E-state index contributed by atoms with van der Waals surface area (Å²) >= 11 is 0. The molecule has 0 aromatic heterocycles. The molecule has 0 aromatic rings. The van der Waals surface area contributed by atoms with Crippen LogP contribution in [-0.4, -0.2) is 48.8 Å². The first-order chi connectivity index (χ1) is 7.47. The van der Waals surface area contributed by atoms with Gasteiger partial charge in [-0.25, -0.2) is 4.79 Å². The quantitative estimate of drug-likeness (QED) is 0.529. The Labute approximate surface area is 95.4 Å². The number of ether oxygens (including phenoxy) is 1. The van der Waals surface area contributed by atoms with Gasteiger partial charge in [-0.05, 0) is 13.8 Å². The second kappa shape index (κ2) is 8.06. The van der Waals surface area contributed by atoms with Crippen LogP contribution in [-0.2, 0) is 14.3 Å². The number of amides is 1. The first-order valence-corrected chi connectivity index (χ1v) is 5.28. The zero-order valence-electron chi connectivity index (χ0n) is 9.95. The third-order valence-electron chi connectivity index (χ3n) is 1.92. The van der Waals surface area contributed by atoms with Gasteiger partial charge in [0.2, 0.25) is 5.91 Å². The molecule has 0 aliphatic carbocycles. The van der Waals surface area contributed by atoms with E-state index < -0.39 is 12.0 Å². The van der Waals surface area contributed by atoms with Crippen LogP contribution in [0.15, 0.2) is 0 Å². The largest absolute Gasteiger partial charge is 0.480 e. The number of hydrogen-bond donors (Lipinski definition) is 3. The Morgan fingerprint density at radius 1 is 1.44 bits per heavy atom. The summed E-state index contributed by atoms with van der Waals surface area (Å²) in [5.74, 6) is -1.40. The molecule has 0 aliphatic rings. The van der Waals surface area contributed by atoms with E-state index >= 15 is 0 Å². The zero-order chi connectivity index (χ0) is 12.6. The minimum Gasteiger partial charge on any atom is -0.480 e. The van der Waals surface area contributed by atoms with Gasteiger partial charge in [-0.15, -0.1) is 0 Å². The van der Waals surface area contributed by atoms with Gasteiger partial charge in [0.25, 0.3) is 0 Å². The third kappa shape index (κ3) is 7.19. The van der Waals surface area contributed by atoms with Crippen molar-refractivity contribution < 1.29 is 19.4 Å². The summed E-state index contributed by atoms with van der Waals surface area (Å²) in [6.07, 6.45) is 0. The van der Waals surface area contributed by atoms with Crippen molar-refractivity contribution in [1.82, 2.24) is 10.6 Å². The molecular weight excluding hydrogens is 212 g/mol. The second-order valence-corrected chi connectivity index (χ2v) is 3.56.